The molecule has 4 N–H and O–H groups in total. The van der Waals surface area contributed by atoms with Crippen molar-refractivity contribution >= 4 is 15.0 Å². The van der Waals surface area contributed by atoms with Crippen LogP contribution in [0.15, 0.2) is 0 Å². The van der Waals surface area contributed by atoms with E-state index in [1.807, 2.05) is 0 Å². The zero-order valence-electron chi connectivity index (χ0n) is 5.92. The normalized spacial score (nSPS) is 40.9. The van der Waals surface area contributed by atoms with Gasteiger partial charge in [0.2, 0.25) is 0 Å². The van der Waals surface area contributed by atoms with Crippen LogP contribution in [0.4, 0.5) is 0 Å². The van der Waals surface area contributed by atoms with Gasteiger partial charge in [0, 0.05) is 0 Å². The molecule has 1 aliphatic heterocycles. The Morgan fingerprint density at radius 1 is 1.45 bits per heavy atom. The van der Waals surface area contributed by atoms with Gasteiger partial charge in [-0.05, 0) is 0 Å². The van der Waals surface area contributed by atoms with Crippen molar-refractivity contribution in [1.29, 1.82) is 0 Å². The Morgan fingerprint density at radius 2 is 2.09 bits per heavy atom. The second kappa shape index (κ2) is 3.85. The molecule has 1 rings (SSSR count). The van der Waals surface area contributed by atoms with Gasteiger partial charge >= 0.3 is 70.4 Å². The first-order valence-corrected chi connectivity index (χ1v) is 5.63. The molecule has 0 saturated carbocycles. The van der Waals surface area contributed by atoms with E-state index >= 15 is 0 Å². The van der Waals surface area contributed by atoms with Crippen molar-refractivity contribution in [3.05, 3.63) is 0 Å². The van der Waals surface area contributed by atoms with Crippen molar-refractivity contribution in [2.24, 2.45) is 0 Å². The number of hydrogen-bond acceptors (Lipinski definition) is 4. The van der Waals surface area contributed by atoms with Crippen LogP contribution in [0.1, 0.15) is 0 Å². The predicted molar refractivity (Wildman–Crippen MR) is 39.4 cm³/mol. The minimum atomic E-state index is -0.873. The number of rotatable bonds is 2. The Bertz CT molecular complexity index is 132. The first-order valence-electron chi connectivity index (χ1n) is 3.43. The summed E-state index contributed by atoms with van der Waals surface area (Å²) in [6, 6.07) is 0. The first-order chi connectivity index (χ1) is 5.16. The van der Waals surface area contributed by atoms with Gasteiger partial charge in [-0.15, -0.1) is 0 Å². The van der Waals surface area contributed by atoms with Crippen LogP contribution in [0.3, 0.4) is 0 Å². The summed E-state index contributed by atoms with van der Waals surface area (Å²) in [5, 5.41) is 36.6. The van der Waals surface area contributed by atoms with E-state index in [0.717, 1.165) is 0 Å². The third kappa shape index (κ3) is 1.93. The third-order valence-corrected chi connectivity index (χ3v) is 4.93. The minimum absolute atomic E-state index is 0.0426. The molecule has 1 heterocycles. The summed E-state index contributed by atoms with van der Waals surface area (Å²) in [7, 11) is 0. The van der Waals surface area contributed by atoms with Crippen LogP contribution >= 0.6 is 0 Å². The van der Waals surface area contributed by atoms with Crippen molar-refractivity contribution in [1.82, 2.24) is 0 Å². The second-order valence-corrected chi connectivity index (χ2v) is 5.15. The molecule has 5 heteroatoms. The van der Waals surface area contributed by atoms with Gasteiger partial charge in [0.25, 0.3) is 0 Å². The number of aliphatic hydroxyl groups excluding tert-OH is 4. The monoisotopic (exact) mass is 228 g/mol. The Balaban J connectivity index is 2.47. The Morgan fingerprint density at radius 3 is 2.45 bits per heavy atom. The summed E-state index contributed by atoms with van der Waals surface area (Å²) in [5.41, 5.74) is 0. The SMILES string of the molecule is OC[C@H](O)[C@@H]1[Se]C[C@H](O)[C@@H]1O. The molecular weight excluding hydrogens is 215 g/mol. The summed E-state index contributed by atoms with van der Waals surface area (Å²) in [5.74, 6) is 0. The molecule has 11 heavy (non-hydrogen) atoms. The molecule has 66 valence electrons. The topological polar surface area (TPSA) is 80.9 Å². The quantitative estimate of drug-likeness (QED) is 0.411. The fourth-order valence-corrected chi connectivity index (χ4v) is 3.80. The Kier molecular flexibility index (Phi) is 3.30. The Labute approximate surface area is 71.0 Å². The summed E-state index contributed by atoms with van der Waals surface area (Å²) in [6.45, 7) is -0.337. The molecule has 1 saturated heterocycles. The van der Waals surface area contributed by atoms with Gasteiger partial charge in [0.05, 0.1) is 0 Å². The van der Waals surface area contributed by atoms with Gasteiger partial charge in [-0.25, -0.2) is 0 Å². The number of aliphatic hydroxyl groups is 4. The zero-order chi connectivity index (χ0) is 8.43. The fraction of sp³-hybridized carbons (Fsp3) is 1.00. The maximum absolute atomic E-state index is 9.25. The van der Waals surface area contributed by atoms with E-state index in [9.17, 15) is 5.11 Å². The molecule has 0 unspecified atom stereocenters. The molecular formula is C6H12O4Se. The van der Waals surface area contributed by atoms with Crippen LogP contribution in [-0.2, 0) is 0 Å². The van der Waals surface area contributed by atoms with E-state index in [0.29, 0.717) is 5.32 Å². The molecule has 4 atom stereocenters. The molecule has 0 amide bonds. The average Bonchev–Trinajstić information content (AvgIpc) is 2.32. The predicted octanol–water partition coefficient (Wildman–Crippen LogP) is -2.01. The van der Waals surface area contributed by atoms with E-state index in [1.165, 1.54) is 0 Å². The van der Waals surface area contributed by atoms with Crippen LogP contribution in [0.5, 0.6) is 0 Å². The van der Waals surface area contributed by atoms with Crippen LogP contribution in [0.2, 0.25) is 10.1 Å². The van der Waals surface area contributed by atoms with E-state index < -0.39 is 18.3 Å². The summed E-state index contributed by atoms with van der Waals surface area (Å²) in [6.07, 6.45) is -2.43. The van der Waals surface area contributed by atoms with Gasteiger partial charge in [-0.2, -0.15) is 0 Å². The zero-order valence-corrected chi connectivity index (χ0v) is 7.63. The van der Waals surface area contributed by atoms with E-state index in [1.54, 1.807) is 0 Å². The summed E-state index contributed by atoms with van der Waals surface area (Å²) in [4.78, 5) is -0.303. The molecule has 1 aliphatic rings. The van der Waals surface area contributed by atoms with Gasteiger partial charge in [-0.3, -0.25) is 0 Å². The molecule has 1 fully saturated rings. The average molecular weight is 227 g/mol. The summed E-state index contributed by atoms with van der Waals surface area (Å²) < 4.78 is 0. The Hall–Kier alpha value is 0.359. The van der Waals surface area contributed by atoms with Gasteiger partial charge in [0.1, 0.15) is 0 Å². The first kappa shape index (κ1) is 9.45. The molecule has 0 aliphatic carbocycles. The van der Waals surface area contributed by atoms with Gasteiger partial charge in [-0.1, -0.05) is 0 Å². The van der Waals surface area contributed by atoms with Crippen LogP contribution in [0.25, 0.3) is 0 Å². The molecule has 4 nitrogen and oxygen atoms in total. The standard InChI is InChI=1S/C6H12O4Se/c7-1-3(8)6-5(10)4(9)2-11-6/h3-10H,1-2H2/t3-,4-,5-,6-/m0/s1. The van der Waals surface area contributed by atoms with Crippen molar-refractivity contribution in [3.63, 3.8) is 0 Å². The molecule has 0 bridgehead atoms. The van der Waals surface area contributed by atoms with Crippen molar-refractivity contribution in [3.8, 4) is 0 Å². The summed E-state index contributed by atoms with van der Waals surface area (Å²) >= 11 is 0.0426. The van der Waals surface area contributed by atoms with E-state index in [-0.39, 0.29) is 26.4 Å². The number of hydrogen-bond donors (Lipinski definition) is 4. The van der Waals surface area contributed by atoms with Crippen LogP contribution in [0, 0.1) is 0 Å². The fourth-order valence-electron chi connectivity index (χ4n) is 1.07. The van der Waals surface area contributed by atoms with Crippen molar-refractivity contribution in [2.45, 2.75) is 28.4 Å². The molecule has 0 aromatic carbocycles. The molecule has 0 spiro atoms. The van der Waals surface area contributed by atoms with E-state index in [2.05, 4.69) is 0 Å². The molecule has 0 aromatic heterocycles. The van der Waals surface area contributed by atoms with E-state index in [4.69, 9.17) is 15.3 Å². The van der Waals surface area contributed by atoms with Crippen LogP contribution < -0.4 is 0 Å². The van der Waals surface area contributed by atoms with Crippen molar-refractivity contribution < 1.29 is 20.4 Å². The second-order valence-electron chi connectivity index (χ2n) is 2.61. The molecule has 0 aromatic rings. The van der Waals surface area contributed by atoms with Gasteiger partial charge < -0.3 is 0 Å². The van der Waals surface area contributed by atoms with Gasteiger partial charge in [0.15, 0.2) is 0 Å². The van der Waals surface area contributed by atoms with Crippen molar-refractivity contribution in [2.75, 3.05) is 6.61 Å². The molecule has 0 radical (unpaired) electrons. The van der Waals surface area contributed by atoms with Crippen LogP contribution in [-0.4, -0.2) is 60.3 Å². The third-order valence-electron chi connectivity index (χ3n) is 1.76. The maximum atomic E-state index is 9.25.